The maximum atomic E-state index is 11.8. The summed E-state index contributed by atoms with van der Waals surface area (Å²) in [7, 11) is 5.78. The quantitative estimate of drug-likeness (QED) is 0.711. The van der Waals surface area contributed by atoms with Gasteiger partial charge in [0.1, 0.15) is 0 Å². The van der Waals surface area contributed by atoms with Gasteiger partial charge in [-0.05, 0) is 59.0 Å². The fraction of sp³-hybridized carbons (Fsp3) is 0.929. The molecule has 17 heavy (non-hydrogen) atoms. The summed E-state index contributed by atoms with van der Waals surface area (Å²) in [5.41, 5.74) is -0.347. The minimum absolute atomic E-state index is 0.0713. The van der Waals surface area contributed by atoms with Crippen LogP contribution in [0.3, 0.4) is 0 Å². The van der Waals surface area contributed by atoms with Gasteiger partial charge < -0.3 is 9.64 Å². The Labute approximate surface area is 106 Å². The zero-order valence-electron chi connectivity index (χ0n) is 12.1. The molecule has 0 aromatic carbocycles. The number of carbonyl (C=O) groups excluding carboxylic acids is 1. The van der Waals surface area contributed by atoms with Crippen molar-refractivity contribution in [3.05, 3.63) is 0 Å². The highest BCUT2D eigenvalue weighted by Gasteiger charge is 2.42. The summed E-state index contributed by atoms with van der Waals surface area (Å²) >= 11 is 0. The van der Waals surface area contributed by atoms with E-state index in [-0.39, 0.29) is 11.4 Å². The molecule has 0 spiro atoms. The third-order valence-corrected chi connectivity index (χ3v) is 4.52. The Morgan fingerprint density at radius 2 is 1.88 bits per heavy atom. The summed E-state index contributed by atoms with van der Waals surface area (Å²) in [5.74, 6) is 1.02. The Balaban J connectivity index is 2.69. The van der Waals surface area contributed by atoms with Crippen molar-refractivity contribution < 1.29 is 9.53 Å². The third-order valence-electron chi connectivity index (χ3n) is 4.52. The second kappa shape index (κ2) is 5.38. The van der Waals surface area contributed by atoms with Crippen LogP contribution in [0.1, 0.15) is 40.0 Å². The van der Waals surface area contributed by atoms with E-state index in [4.69, 9.17) is 4.74 Å². The fourth-order valence-electron chi connectivity index (χ4n) is 3.23. The molecular formula is C14H27NO2. The van der Waals surface area contributed by atoms with E-state index in [1.807, 2.05) is 13.8 Å². The van der Waals surface area contributed by atoms with Gasteiger partial charge in [-0.2, -0.15) is 0 Å². The van der Waals surface area contributed by atoms with Gasteiger partial charge in [-0.3, -0.25) is 4.79 Å². The number of ether oxygens (including phenoxy) is 1. The van der Waals surface area contributed by atoms with Gasteiger partial charge in [-0.15, -0.1) is 0 Å². The monoisotopic (exact) mass is 241 g/mol. The third kappa shape index (κ3) is 3.01. The Morgan fingerprint density at radius 1 is 1.29 bits per heavy atom. The predicted octanol–water partition coefficient (Wildman–Crippen LogP) is 2.55. The Kier molecular flexibility index (Phi) is 4.59. The molecule has 0 aromatic heterocycles. The summed E-state index contributed by atoms with van der Waals surface area (Å²) < 4.78 is 4.93. The van der Waals surface area contributed by atoms with Gasteiger partial charge in [0.05, 0.1) is 12.5 Å². The molecular weight excluding hydrogens is 214 g/mol. The summed E-state index contributed by atoms with van der Waals surface area (Å²) in [6.45, 7) is 6.34. The van der Waals surface area contributed by atoms with Crippen molar-refractivity contribution >= 4 is 5.97 Å². The van der Waals surface area contributed by atoms with Crippen LogP contribution in [0, 0.1) is 17.3 Å². The van der Waals surface area contributed by atoms with Crippen molar-refractivity contribution in [3.8, 4) is 0 Å². The topological polar surface area (TPSA) is 29.5 Å². The first-order valence-corrected chi connectivity index (χ1v) is 6.55. The lowest BCUT2D eigenvalue weighted by atomic mass is 9.67. The number of hydrogen-bond acceptors (Lipinski definition) is 3. The molecule has 1 rings (SSSR count). The van der Waals surface area contributed by atoms with Crippen LogP contribution in [0.4, 0.5) is 0 Å². The van der Waals surface area contributed by atoms with Crippen molar-refractivity contribution in [3.63, 3.8) is 0 Å². The van der Waals surface area contributed by atoms with Gasteiger partial charge in [0, 0.05) is 6.04 Å². The lowest BCUT2D eigenvalue weighted by Gasteiger charge is -2.42. The van der Waals surface area contributed by atoms with E-state index in [1.54, 1.807) is 0 Å². The van der Waals surface area contributed by atoms with E-state index in [0.29, 0.717) is 17.9 Å². The van der Waals surface area contributed by atoms with E-state index >= 15 is 0 Å². The van der Waals surface area contributed by atoms with Crippen molar-refractivity contribution in [2.45, 2.75) is 46.1 Å². The Hall–Kier alpha value is -0.570. The molecule has 0 N–H and O–H groups in total. The van der Waals surface area contributed by atoms with Crippen molar-refractivity contribution in [2.75, 3.05) is 21.2 Å². The Bertz CT molecular complexity index is 273. The molecule has 1 fully saturated rings. The first-order chi connectivity index (χ1) is 7.80. The van der Waals surface area contributed by atoms with Crippen LogP contribution < -0.4 is 0 Å². The molecule has 1 saturated carbocycles. The minimum atomic E-state index is -0.347. The van der Waals surface area contributed by atoms with Crippen LogP contribution in [0.25, 0.3) is 0 Å². The molecule has 3 nitrogen and oxygen atoms in total. The first-order valence-electron chi connectivity index (χ1n) is 6.55. The van der Waals surface area contributed by atoms with Gasteiger partial charge in [-0.1, -0.05) is 6.92 Å². The standard InChI is InChI=1S/C14H27NO2/c1-10-9-11(7-8-12(10)15(4)5)14(2,3)13(16)17-6/h10-12H,7-9H2,1-6H3/t10-,11-,12-/m0/s1. The highest BCUT2D eigenvalue weighted by molar-refractivity contribution is 5.76. The van der Waals surface area contributed by atoms with E-state index in [2.05, 4.69) is 25.9 Å². The summed E-state index contributed by atoms with van der Waals surface area (Å²) in [4.78, 5) is 14.1. The van der Waals surface area contributed by atoms with Crippen molar-refractivity contribution in [1.82, 2.24) is 4.90 Å². The molecule has 0 heterocycles. The SMILES string of the molecule is COC(=O)C(C)(C)[C@H]1CC[C@H](N(C)C)[C@@H](C)C1. The molecule has 1 aliphatic carbocycles. The van der Waals surface area contributed by atoms with Crippen molar-refractivity contribution in [1.29, 1.82) is 0 Å². The highest BCUT2D eigenvalue weighted by Crippen LogP contribution is 2.42. The molecule has 0 saturated heterocycles. The molecule has 1 aliphatic rings. The van der Waals surface area contributed by atoms with Crippen LogP contribution >= 0.6 is 0 Å². The van der Waals surface area contributed by atoms with E-state index < -0.39 is 0 Å². The molecule has 0 bridgehead atoms. The zero-order chi connectivity index (χ0) is 13.2. The fourth-order valence-corrected chi connectivity index (χ4v) is 3.23. The Morgan fingerprint density at radius 3 is 2.29 bits per heavy atom. The van der Waals surface area contributed by atoms with E-state index in [0.717, 1.165) is 12.8 Å². The average Bonchev–Trinajstić information content (AvgIpc) is 2.27. The summed E-state index contributed by atoms with van der Waals surface area (Å²) in [5, 5.41) is 0. The number of carbonyl (C=O) groups is 1. The maximum Gasteiger partial charge on any atom is 0.311 e. The average molecular weight is 241 g/mol. The largest absolute Gasteiger partial charge is 0.469 e. The lowest BCUT2D eigenvalue weighted by Crippen LogP contribution is -2.44. The summed E-state index contributed by atoms with van der Waals surface area (Å²) in [6, 6.07) is 0.652. The van der Waals surface area contributed by atoms with Crippen LogP contribution in [0.5, 0.6) is 0 Å². The molecule has 0 amide bonds. The van der Waals surface area contributed by atoms with Crippen LogP contribution in [0.15, 0.2) is 0 Å². The normalized spacial score (nSPS) is 30.4. The first kappa shape index (κ1) is 14.5. The van der Waals surface area contributed by atoms with Crippen molar-refractivity contribution in [2.24, 2.45) is 17.3 Å². The zero-order valence-corrected chi connectivity index (χ0v) is 12.1. The minimum Gasteiger partial charge on any atom is -0.469 e. The number of esters is 1. The maximum absolute atomic E-state index is 11.8. The molecule has 3 atom stereocenters. The predicted molar refractivity (Wildman–Crippen MR) is 69.8 cm³/mol. The van der Waals surface area contributed by atoms with Gasteiger partial charge in [0.25, 0.3) is 0 Å². The number of nitrogens with zero attached hydrogens (tertiary/aromatic N) is 1. The number of methoxy groups -OCH3 is 1. The molecule has 0 unspecified atom stereocenters. The number of rotatable bonds is 3. The molecule has 0 aromatic rings. The van der Waals surface area contributed by atoms with Gasteiger partial charge in [0.15, 0.2) is 0 Å². The molecule has 100 valence electrons. The summed E-state index contributed by atoms with van der Waals surface area (Å²) in [6.07, 6.45) is 3.42. The molecule has 0 radical (unpaired) electrons. The van der Waals surface area contributed by atoms with Crippen LogP contribution in [-0.4, -0.2) is 38.1 Å². The van der Waals surface area contributed by atoms with Gasteiger partial charge in [0.2, 0.25) is 0 Å². The van der Waals surface area contributed by atoms with E-state index in [1.165, 1.54) is 13.5 Å². The smallest absolute Gasteiger partial charge is 0.311 e. The number of hydrogen-bond donors (Lipinski definition) is 0. The van der Waals surface area contributed by atoms with Gasteiger partial charge >= 0.3 is 5.97 Å². The second-order valence-electron chi connectivity index (χ2n) is 6.23. The highest BCUT2D eigenvalue weighted by atomic mass is 16.5. The van der Waals surface area contributed by atoms with E-state index in [9.17, 15) is 4.79 Å². The van der Waals surface area contributed by atoms with Crippen LogP contribution in [0.2, 0.25) is 0 Å². The molecule has 0 aliphatic heterocycles. The van der Waals surface area contributed by atoms with Gasteiger partial charge in [-0.25, -0.2) is 0 Å². The second-order valence-corrected chi connectivity index (χ2v) is 6.23. The molecule has 3 heteroatoms. The lowest BCUT2D eigenvalue weighted by molar-refractivity contribution is -0.155. The van der Waals surface area contributed by atoms with Crippen LogP contribution in [-0.2, 0) is 9.53 Å².